The molecule has 0 aliphatic heterocycles. The molecule has 94 valence electrons. The minimum atomic E-state index is -2.81. The number of nitrogens with one attached hydrogen (secondary N) is 1. The van der Waals surface area contributed by atoms with E-state index in [1.54, 1.807) is 18.2 Å². The first kappa shape index (κ1) is 12.2. The Kier molecular flexibility index (Phi) is 3.62. The SMILES string of the molecule is Nc1ccccc1Nc1ccc(OC(F)F)cc1. The highest BCUT2D eigenvalue weighted by molar-refractivity contribution is 5.72. The Labute approximate surface area is 103 Å². The van der Waals surface area contributed by atoms with Gasteiger partial charge in [0.2, 0.25) is 0 Å². The molecule has 5 heteroatoms. The third-order valence-electron chi connectivity index (χ3n) is 2.32. The third kappa shape index (κ3) is 3.10. The van der Waals surface area contributed by atoms with Crippen LogP contribution in [0.4, 0.5) is 25.8 Å². The molecule has 18 heavy (non-hydrogen) atoms. The van der Waals surface area contributed by atoms with E-state index >= 15 is 0 Å². The summed E-state index contributed by atoms with van der Waals surface area (Å²) in [4.78, 5) is 0. The van der Waals surface area contributed by atoms with Gasteiger partial charge in [-0.25, -0.2) is 0 Å². The van der Waals surface area contributed by atoms with Crippen LogP contribution in [-0.4, -0.2) is 6.61 Å². The molecule has 0 saturated carbocycles. The van der Waals surface area contributed by atoms with Gasteiger partial charge in [0.05, 0.1) is 11.4 Å². The minimum absolute atomic E-state index is 0.122. The van der Waals surface area contributed by atoms with Crippen molar-refractivity contribution in [1.82, 2.24) is 0 Å². The van der Waals surface area contributed by atoms with Gasteiger partial charge in [-0.1, -0.05) is 12.1 Å². The zero-order valence-corrected chi connectivity index (χ0v) is 9.44. The first-order valence-electron chi connectivity index (χ1n) is 5.31. The molecular formula is C13H12F2N2O. The molecule has 0 spiro atoms. The van der Waals surface area contributed by atoms with Crippen LogP contribution >= 0.6 is 0 Å². The molecule has 3 N–H and O–H groups in total. The average Bonchev–Trinajstić information content (AvgIpc) is 2.34. The van der Waals surface area contributed by atoms with Gasteiger partial charge in [-0.3, -0.25) is 0 Å². The standard InChI is InChI=1S/C13H12F2N2O/c14-13(15)18-10-7-5-9(6-8-10)17-12-4-2-1-3-11(12)16/h1-8,13,17H,16H2. The molecule has 0 aromatic heterocycles. The highest BCUT2D eigenvalue weighted by Crippen LogP contribution is 2.24. The maximum absolute atomic E-state index is 12.0. The fourth-order valence-electron chi connectivity index (χ4n) is 1.49. The van der Waals surface area contributed by atoms with Crippen molar-refractivity contribution >= 4 is 17.1 Å². The molecule has 2 aromatic carbocycles. The zero-order chi connectivity index (χ0) is 13.0. The molecule has 0 fully saturated rings. The summed E-state index contributed by atoms with van der Waals surface area (Å²) in [7, 11) is 0. The van der Waals surface area contributed by atoms with Gasteiger partial charge in [0.15, 0.2) is 0 Å². The number of nitrogen functional groups attached to an aromatic ring is 1. The van der Waals surface area contributed by atoms with Crippen molar-refractivity contribution in [2.75, 3.05) is 11.1 Å². The largest absolute Gasteiger partial charge is 0.435 e. The summed E-state index contributed by atoms with van der Waals surface area (Å²) in [5.41, 5.74) is 7.90. The van der Waals surface area contributed by atoms with Gasteiger partial charge in [-0.05, 0) is 36.4 Å². The molecule has 0 atom stereocenters. The molecule has 0 saturated heterocycles. The number of para-hydroxylation sites is 2. The summed E-state index contributed by atoms with van der Waals surface area (Å²) < 4.78 is 28.2. The van der Waals surface area contributed by atoms with Crippen molar-refractivity contribution in [2.45, 2.75) is 6.61 Å². The highest BCUT2D eigenvalue weighted by Gasteiger charge is 2.04. The summed E-state index contributed by atoms with van der Waals surface area (Å²) in [5, 5.41) is 3.08. The Hall–Kier alpha value is -2.30. The topological polar surface area (TPSA) is 47.3 Å². The van der Waals surface area contributed by atoms with Crippen LogP contribution in [0.5, 0.6) is 5.75 Å². The van der Waals surface area contributed by atoms with Crippen molar-refractivity contribution in [2.24, 2.45) is 0 Å². The average molecular weight is 250 g/mol. The Morgan fingerprint density at radius 1 is 1.00 bits per heavy atom. The second kappa shape index (κ2) is 5.35. The lowest BCUT2D eigenvalue weighted by Crippen LogP contribution is -2.01. The van der Waals surface area contributed by atoms with Gasteiger partial charge in [-0.2, -0.15) is 8.78 Å². The predicted octanol–water partition coefficient (Wildman–Crippen LogP) is 3.61. The minimum Gasteiger partial charge on any atom is -0.435 e. The van der Waals surface area contributed by atoms with E-state index in [9.17, 15) is 8.78 Å². The lowest BCUT2D eigenvalue weighted by Gasteiger charge is -2.10. The van der Waals surface area contributed by atoms with E-state index < -0.39 is 6.61 Å². The van der Waals surface area contributed by atoms with E-state index in [-0.39, 0.29) is 5.75 Å². The Morgan fingerprint density at radius 3 is 2.28 bits per heavy atom. The zero-order valence-electron chi connectivity index (χ0n) is 9.44. The van der Waals surface area contributed by atoms with E-state index in [1.165, 1.54) is 12.1 Å². The lowest BCUT2D eigenvalue weighted by molar-refractivity contribution is -0.0498. The number of hydrogen-bond acceptors (Lipinski definition) is 3. The molecule has 0 aliphatic carbocycles. The van der Waals surface area contributed by atoms with Gasteiger partial charge < -0.3 is 15.8 Å². The normalized spacial score (nSPS) is 10.4. The van der Waals surface area contributed by atoms with Crippen molar-refractivity contribution in [1.29, 1.82) is 0 Å². The van der Waals surface area contributed by atoms with Gasteiger partial charge in [0, 0.05) is 5.69 Å². The van der Waals surface area contributed by atoms with Crippen LogP contribution in [0.25, 0.3) is 0 Å². The second-order valence-corrected chi connectivity index (χ2v) is 3.62. The molecule has 0 bridgehead atoms. The molecule has 0 heterocycles. The van der Waals surface area contributed by atoms with E-state index in [1.807, 2.05) is 18.2 Å². The summed E-state index contributed by atoms with van der Waals surface area (Å²) >= 11 is 0. The van der Waals surface area contributed by atoms with Crippen molar-refractivity contribution in [3.05, 3.63) is 48.5 Å². The van der Waals surface area contributed by atoms with Crippen molar-refractivity contribution in [3.8, 4) is 5.75 Å². The van der Waals surface area contributed by atoms with Crippen LogP contribution in [0.2, 0.25) is 0 Å². The fraction of sp³-hybridized carbons (Fsp3) is 0.0769. The van der Waals surface area contributed by atoms with Crippen molar-refractivity contribution < 1.29 is 13.5 Å². The number of hydrogen-bond donors (Lipinski definition) is 2. The van der Waals surface area contributed by atoms with Crippen LogP contribution < -0.4 is 15.8 Å². The molecule has 0 radical (unpaired) electrons. The first-order chi connectivity index (χ1) is 8.65. The highest BCUT2D eigenvalue weighted by atomic mass is 19.3. The van der Waals surface area contributed by atoms with Gasteiger partial charge in [0.1, 0.15) is 5.75 Å². The molecule has 3 nitrogen and oxygen atoms in total. The van der Waals surface area contributed by atoms with Gasteiger partial charge in [0.25, 0.3) is 0 Å². The van der Waals surface area contributed by atoms with Gasteiger partial charge >= 0.3 is 6.61 Å². The lowest BCUT2D eigenvalue weighted by atomic mass is 10.2. The number of alkyl halides is 2. The molecule has 0 unspecified atom stereocenters. The Morgan fingerprint density at radius 2 is 1.67 bits per heavy atom. The number of rotatable bonds is 4. The molecular weight excluding hydrogens is 238 g/mol. The van der Waals surface area contributed by atoms with E-state index in [0.29, 0.717) is 5.69 Å². The van der Waals surface area contributed by atoms with Crippen molar-refractivity contribution in [3.63, 3.8) is 0 Å². The summed E-state index contributed by atoms with van der Waals surface area (Å²) in [6.45, 7) is -2.81. The fourth-order valence-corrected chi connectivity index (χ4v) is 1.49. The third-order valence-corrected chi connectivity index (χ3v) is 2.32. The summed E-state index contributed by atoms with van der Waals surface area (Å²) in [6.07, 6.45) is 0. The number of nitrogens with two attached hydrogens (primary N) is 1. The van der Waals surface area contributed by atoms with Crippen LogP contribution in [0.1, 0.15) is 0 Å². The molecule has 2 aromatic rings. The van der Waals surface area contributed by atoms with E-state index in [4.69, 9.17) is 5.73 Å². The smallest absolute Gasteiger partial charge is 0.387 e. The monoisotopic (exact) mass is 250 g/mol. The van der Waals surface area contributed by atoms with Gasteiger partial charge in [-0.15, -0.1) is 0 Å². The number of benzene rings is 2. The maximum Gasteiger partial charge on any atom is 0.387 e. The number of halogens is 2. The molecule has 0 amide bonds. The number of ether oxygens (including phenoxy) is 1. The summed E-state index contributed by atoms with van der Waals surface area (Å²) in [5.74, 6) is 0.122. The molecule has 0 aliphatic rings. The van der Waals surface area contributed by atoms with Crippen LogP contribution in [0.15, 0.2) is 48.5 Å². The van der Waals surface area contributed by atoms with Crippen LogP contribution in [0, 0.1) is 0 Å². The number of anilines is 3. The Bertz CT molecular complexity index is 515. The molecule has 2 rings (SSSR count). The van der Waals surface area contributed by atoms with Crippen LogP contribution in [-0.2, 0) is 0 Å². The van der Waals surface area contributed by atoms with Crippen LogP contribution in [0.3, 0.4) is 0 Å². The first-order valence-corrected chi connectivity index (χ1v) is 5.31. The Balaban J connectivity index is 2.09. The van der Waals surface area contributed by atoms with E-state index in [0.717, 1.165) is 11.4 Å². The predicted molar refractivity (Wildman–Crippen MR) is 67.2 cm³/mol. The maximum atomic E-state index is 12.0. The quantitative estimate of drug-likeness (QED) is 0.815. The van der Waals surface area contributed by atoms with E-state index in [2.05, 4.69) is 10.1 Å². The second-order valence-electron chi connectivity index (χ2n) is 3.62. The summed E-state index contributed by atoms with van der Waals surface area (Å²) in [6, 6.07) is 13.5.